The van der Waals surface area contributed by atoms with Crippen LogP contribution in [-0.2, 0) is 26.0 Å². The van der Waals surface area contributed by atoms with Gasteiger partial charge in [0.2, 0.25) is 10.0 Å². The van der Waals surface area contributed by atoms with Crippen molar-refractivity contribution in [3.05, 3.63) is 64.7 Å². The monoisotopic (exact) mass is 510 g/mol. The summed E-state index contributed by atoms with van der Waals surface area (Å²) in [6.45, 7) is 4.22. The molecule has 5 rings (SSSR count). The first-order valence-corrected chi connectivity index (χ1v) is 14.3. The molecule has 5 atom stereocenters. The fourth-order valence-electron chi connectivity index (χ4n) is 7.11. The summed E-state index contributed by atoms with van der Waals surface area (Å²) in [6, 6.07) is 12.2. The van der Waals surface area contributed by atoms with Gasteiger partial charge in [-0.1, -0.05) is 30.7 Å². The maximum Gasteiger partial charge on any atom is 0.325 e. The molecule has 36 heavy (non-hydrogen) atoms. The largest absolute Gasteiger partial charge is 0.460 e. The Kier molecular flexibility index (Phi) is 6.45. The minimum absolute atomic E-state index is 0.0351. The van der Waals surface area contributed by atoms with E-state index in [2.05, 4.69) is 37.4 Å². The van der Waals surface area contributed by atoms with E-state index in [0.29, 0.717) is 17.8 Å². The molecule has 0 aliphatic heterocycles. The number of amides is 1. The van der Waals surface area contributed by atoms with Gasteiger partial charge in [0.25, 0.3) is 5.91 Å². The first-order chi connectivity index (χ1) is 17.1. The normalized spacial score (nSPS) is 29.0. The lowest BCUT2D eigenvalue weighted by Gasteiger charge is -2.50. The van der Waals surface area contributed by atoms with Gasteiger partial charge in [0.15, 0.2) is 0 Å². The van der Waals surface area contributed by atoms with Gasteiger partial charge in [0.05, 0.1) is 4.90 Å². The molecule has 7 nitrogen and oxygen atoms in total. The standard InChI is InChI=1S/C28H34N2O5S/c1-17-3-9-21-19(15-17)6-10-23-22(21)13-14-28(2)24(23)11-12-25(28)35-26(31)16-30-27(32)18-4-7-20(8-5-18)36(29,33)34/h3-5,7-9,15,22-25H,6,10-14,16H2,1-2H3,(H,30,32)(H2,29,33,34)/t22?,23?,24?,25-,28-/m0/s1. The minimum Gasteiger partial charge on any atom is -0.460 e. The van der Waals surface area contributed by atoms with Crippen molar-refractivity contribution in [1.29, 1.82) is 0 Å². The number of esters is 1. The number of carbonyl (C=O) groups excluding carboxylic acids is 2. The van der Waals surface area contributed by atoms with Crippen LogP contribution in [0.3, 0.4) is 0 Å². The van der Waals surface area contributed by atoms with Gasteiger partial charge in [-0.15, -0.1) is 0 Å². The van der Waals surface area contributed by atoms with E-state index in [1.165, 1.54) is 47.4 Å². The van der Waals surface area contributed by atoms with E-state index in [-0.39, 0.29) is 28.5 Å². The van der Waals surface area contributed by atoms with Crippen LogP contribution in [0.5, 0.6) is 0 Å². The van der Waals surface area contributed by atoms with Gasteiger partial charge in [0, 0.05) is 11.0 Å². The number of carbonyl (C=O) groups is 2. The van der Waals surface area contributed by atoms with Crippen molar-refractivity contribution < 1.29 is 22.7 Å². The summed E-state index contributed by atoms with van der Waals surface area (Å²) >= 11 is 0. The van der Waals surface area contributed by atoms with Crippen LogP contribution in [0, 0.1) is 24.2 Å². The van der Waals surface area contributed by atoms with Crippen molar-refractivity contribution in [2.45, 2.75) is 69.3 Å². The molecule has 2 aromatic rings. The maximum absolute atomic E-state index is 12.7. The third-order valence-electron chi connectivity index (χ3n) is 8.91. The lowest BCUT2D eigenvalue weighted by molar-refractivity contribution is -0.156. The number of sulfonamides is 1. The molecule has 1 amide bonds. The summed E-state index contributed by atoms with van der Waals surface area (Å²) in [6.07, 6.45) is 6.27. The molecule has 0 heterocycles. The molecule has 192 valence electrons. The highest BCUT2D eigenvalue weighted by molar-refractivity contribution is 7.89. The first kappa shape index (κ1) is 25.0. The van der Waals surface area contributed by atoms with Gasteiger partial charge in [-0.05, 0) is 98.6 Å². The van der Waals surface area contributed by atoms with Crippen molar-refractivity contribution in [3.63, 3.8) is 0 Å². The Morgan fingerprint density at radius 3 is 2.56 bits per heavy atom. The van der Waals surface area contributed by atoms with Crippen LogP contribution in [0.2, 0.25) is 0 Å². The highest BCUT2D eigenvalue weighted by Gasteiger charge is 2.56. The molecule has 0 saturated heterocycles. The highest BCUT2D eigenvalue weighted by atomic mass is 32.2. The SMILES string of the molecule is Cc1ccc2c(c1)CCC1C2CC[C@@]2(C)C1CC[C@@H]2OC(=O)CNC(=O)c1ccc(S(N)(=O)=O)cc1. The van der Waals surface area contributed by atoms with Crippen molar-refractivity contribution in [3.8, 4) is 0 Å². The predicted octanol–water partition coefficient (Wildman–Crippen LogP) is 3.84. The Labute approximate surface area is 212 Å². The van der Waals surface area contributed by atoms with E-state index < -0.39 is 21.9 Å². The Hall–Kier alpha value is -2.71. The Bertz CT molecular complexity index is 1290. The number of hydrogen-bond donors (Lipinski definition) is 2. The molecule has 0 radical (unpaired) electrons. The molecule has 3 unspecified atom stereocenters. The number of aryl methyl sites for hydroxylation is 2. The molecule has 3 aliphatic carbocycles. The Morgan fingerprint density at radius 1 is 1.08 bits per heavy atom. The summed E-state index contributed by atoms with van der Waals surface area (Å²) in [7, 11) is -3.83. The molecule has 8 heteroatoms. The van der Waals surface area contributed by atoms with Crippen LogP contribution in [0.25, 0.3) is 0 Å². The second-order valence-corrected chi connectivity index (χ2v) is 12.5. The van der Waals surface area contributed by atoms with Crippen molar-refractivity contribution >= 4 is 21.9 Å². The first-order valence-electron chi connectivity index (χ1n) is 12.8. The highest BCUT2D eigenvalue weighted by Crippen LogP contribution is 2.61. The van der Waals surface area contributed by atoms with Crippen molar-refractivity contribution in [1.82, 2.24) is 5.32 Å². The van der Waals surface area contributed by atoms with Crippen molar-refractivity contribution in [2.75, 3.05) is 6.54 Å². The molecular weight excluding hydrogens is 476 g/mol. The van der Waals surface area contributed by atoms with Crippen LogP contribution in [0.1, 0.15) is 72.0 Å². The summed E-state index contributed by atoms with van der Waals surface area (Å²) in [4.78, 5) is 25.0. The number of rotatable bonds is 5. The number of ether oxygens (including phenoxy) is 1. The van der Waals surface area contributed by atoms with E-state index in [1.54, 1.807) is 0 Å². The quantitative estimate of drug-likeness (QED) is 0.593. The summed E-state index contributed by atoms with van der Waals surface area (Å²) in [5, 5.41) is 7.67. The Balaban J connectivity index is 1.19. The maximum atomic E-state index is 12.7. The van der Waals surface area contributed by atoms with Gasteiger partial charge in [-0.3, -0.25) is 9.59 Å². The fourth-order valence-corrected chi connectivity index (χ4v) is 7.62. The second-order valence-electron chi connectivity index (χ2n) is 11.0. The second kappa shape index (κ2) is 9.30. The molecule has 2 aromatic carbocycles. The van der Waals surface area contributed by atoms with Crippen LogP contribution >= 0.6 is 0 Å². The third-order valence-corrected chi connectivity index (χ3v) is 9.84. The van der Waals surface area contributed by atoms with E-state index in [9.17, 15) is 18.0 Å². The van der Waals surface area contributed by atoms with E-state index in [1.807, 2.05) is 0 Å². The number of primary sulfonamides is 1. The topological polar surface area (TPSA) is 116 Å². The van der Waals surface area contributed by atoms with E-state index >= 15 is 0 Å². The van der Waals surface area contributed by atoms with Crippen LogP contribution in [-0.4, -0.2) is 32.9 Å². The molecule has 2 saturated carbocycles. The molecule has 0 spiro atoms. The molecule has 0 bridgehead atoms. The average molecular weight is 511 g/mol. The number of fused-ring (bicyclic) bond motifs is 5. The van der Waals surface area contributed by atoms with E-state index in [4.69, 9.17) is 9.88 Å². The van der Waals surface area contributed by atoms with Gasteiger partial charge in [-0.2, -0.15) is 0 Å². The minimum atomic E-state index is -3.83. The van der Waals surface area contributed by atoms with Crippen LogP contribution < -0.4 is 10.5 Å². The van der Waals surface area contributed by atoms with Gasteiger partial charge < -0.3 is 10.1 Å². The number of nitrogens with one attached hydrogen (secondary N) is 1. The summed E-state index contributed by atoms with van der Waals surface area (Å²) in [5.41, 5.74) is 4.57. The van der Waals surface area contributed by atoms with Crippen LogP contribution in [0.15, 0.2) is 47.4 Å². The third kappa shape index (κ3) is 4.57. The number of hydrogen-bond acceptors (Lipinski definition) is 5. The lowest BCUT2D eigenvalue weighted by atomic mass is 9.55. The lowest BCUT2D eigenvalue weighted by Crippen LogP contribution is -2.46. The summed E-state index contributed by atoms with van der Waals surface area (Å²) < 4.78 is 28.7. The Morgan fingerprint density at radius 2 is 1.83 bits per heavy atom. The van der Waals surface area contributed by atoms with Crippen LogP contribution in [0.4, 0.5) is 0 Å². The molecule has 3 N–H and O–H groups in total. The van der Waals surface area contributed by atoms with Gasteiger partial charge in [-0.25, -0.2) is 13.6 Å². The molecule has 0 aromatic heterocycles. The molecule has 3 aliphatic rings. The smallest absolute Gasteiger partial charge is 0.325 e. The average Bonchev–Trinajstić information content (AvgIpc) is 3.17. The number of nitrogens with two attached hydrogens (primary N) is 1. The zero-order valence-electron chi connectivity index (χ0n) is 20.8. The zero-order valence-corrected chi connectivity index (χ0v) is 21.6. The zero-order chi connectivity index (χ0) is 25.7. The van der Waals surface area contributed by atoms with Crippen molar-refractivity contribution in [2.24, 2.45) is 22.4 Å². The van der Waals surface area contributed by atoms with Gasteiger partial charge in [0.1, 0.15) is 12.6 Å². The number of benzene rings is 2. The molecule has 2 fully saturated rings. The van der Waals surface area contributed by atoms with Gasteiger partial charge >= 0.3 is 5.97 Å². The van der Waals surface area contributed by atoms with E-state index in [0.717, 1.165) is 32.1 Å². The fraction of sp³-hybridized carbons (Fsp3) is 0.500. The molecular formula is C28H34N2O5S. The summed E-state index contributed by atoms with van der Waals surface area (Å²) in [5.74, 6) is 0.850. The predicted molar refractivity (Wildman–Crippen MR) is 136 cm³/mol.